The van der Waals surface area contributed by atoms with Crippen LogP contribution in [0, 0.1) is 5.92 Å². The van der Waals surface area contributed by atoms with Crippen LogP contribution in [0.1, 0.15) is 20.3 Å². The van der Waals surface area contributed by atoms with Crippen molar-refractivity contribution in [1.82, 2.24) is 5.32 Å². The van der Waals surface area contributed by atoms with E-state index in [1.54, 1.807) is 36.1 Å². The number of nitrogens with zero attached hydrogens (tertiary/aromatic N) is 1. The van der Waals surface area contributed by atoms with Crippen molar-refractivity contribution in [1.29, 1.82) is 0 Å². The third-order valence-corrected chi connectivity index (χ3v) is 4.79. The fourth-order valence-electron chi connectivity index (χ4n) is 3.23. The lowest BCUT2D eigenvalue weighted by Gasteiger charge is -2.18. The summed E-state index contributed by atoms with van der Waals surface area (Å²) in [5.41, 5.74) is 1.92. The van der Waals surface area contributed by atoms with Gasteiger partial charge in [0.2, 0.25) is 23.6 Å². The SMILES string of the molecule is CC(=O)Nc1ccc(NC(=O)C(C)NC(=O)C2CC(=O)N(c3ccccc3)C2)cc1. The Morgan fingerprint density at radius 1 is 0.967 bits per heavy atom. The Morgan fingerprint density at radius 2 is 1.57 bits per heavy atom. The normalized spacial score (nSPS) is 16.7. The molecule has 2 aromatic rings. The molecule has 156 valence electrons. The topological polar surface area (TPSA) is 108 Å². The lowest BCUT2D eigenvalue weighted by molar-refractivity contribution is -0.129. The van der Waals surface area contributed by atoms with Gasteiger partial charge in [0.1, 0.15) is 6.04 Å². The molecule has 3 N–H and O–H groups in total. The molecule has 0 radical (unpaired) electrons. The highest BCUT2D eigenvalue weighted by molar-refractivity contribution is 6.02. The number of anilines is 3. The molecule has 3 rings (SSSR count). The van der Waals surface area contributed by atoms with Gasteiger partial charge in [-0.15, -0.1) is 0 Å². The van der Waals surface area contributed by atoms with E-state index in [0.717, 1.165) is 5.69 Å². The average Bonchev–Trinajstić information content (AvgIpc) is 3.11. The summed E-state index contributed by atoms with van der Waals surface area (Å²) >= 11 is 0. The second kappa shape index (κ2) is 9.21. The van der Waals surface area contributed by atoms with E-state index >= 15 is 0 Å². The number of carbonyl (C=O) groups excluding carboxylic acids is 4. The van der Waals surface area contributed by atoms with E-state index in [4.69, 9.17) is 0 Å². The van der Waals surface area contributed by atoms with Crippen molar-refractivity contribution in [2.24, 2.45) is 5.92 Å². The summed E-state index contributed by atoms with van der Waals surface area (Å²) in [5.74, 6) is -1.51. The van der Waals surface area contributed by atoms with E-state index in [2.05, 4.69) is 16.0 Å². The first kappa shape index (κ1) is 21.0. The molecule has 0 saturated carbocycles. The molecule has 30 heavy (non-hydrogen) atoms. The van der Waals surface area contributed by atoms with Gasteiger partial charge < -0.3 is 20.9 Å². The van der Waals surface area contributed by atoms with E-state index in [1.165, 1.54) is 6.92 Å². The second-order valence-corrected chi connectivity index (χ2v) is 7.22. The van der Waals surface area contributed by atoms with Crippen LogP contribution >= 0.6 is 0 Å². The Bertz CT molecular complexity index is 943. The van der Waals surface area contributed by atoms with Gasteiger partial charge in [-0.3, -0.25) is 19.2 Å². The number of amides is 4. The predicted molar refractivity (Wildman–Crippen MR) is 114 cm³/mol. The minimum Gasteiger partial charge on any atom is -0.344 e. The molecule has 4 amide bonds. The van der Waals surface area contributed by atoms with Crippen molar-refractivity contribution < 1.29 is 19.2 Å². The van der Waals surface area contributed by atoms with Crippen molar-refractivity contribution >= 4 is 40.7 Å². The van der Waals surface area contributed by atoms with E-state index < -0.39 is 12.0 Å². The second-order valence-electron chi connectivity index (χ2n) is 7.22. The molecule has 2 atom stereocenters. The van der Waals surface area contributed by atoms with Crippen LogP contribution in [0.3, 0.4) is 0 Å². The summed E-state index contributed by atoms with van der Waals surface area (Å²) in [7, 11) is 0. The van der Waals surface area contributed by atoms with Crippen molar-refractivity contribution in [2.75, 3.05) is 22.1 Å². The zero-order valence-electron chi connectivity index (χ0n) is 16.8. The molecule has 2 aromatic carbocycles. The molecule has 0 aliphatic carbocycles. The highest BCUT2D eigenvalue weighted by atomic mass is 16.2. The van der Waals surface area contributed by atoms with Crippen LogP contribution < -0.4 is 20.9 Å². The summed E-state index contributed by atoms with van der Waals surface area (Å²) < 4.78 is 0. The van der Waals surface area contributed by atoms with E-state index in [1.807, 2.05) is 30.3 Å². The third kappa shape index (κ3) is 5.22. The maximum absolute atomic E-state index is 12.6. The number of hydrogen-bond acceptors (Lipinski definition) is 4. The van der Waals surface area contributed by atoms with E-state index in [0.29, 0.717) is 11.4 Å². The summed E-state index contributed by atoms with van der Waals surface area (Å²) in [6, 6.07) is 15.1. The Morgan fingerprint density at radius 3 is 2.17 bits per heavy atom. The van der Waals surface area contributed by atoms with Gasteiger partial charge in [0, 0.05) is 37.0 Å². The lowest BCUT2D eigenvalue weighted by atomic mass is 10.1. The molecule has 0 bridgehead atoms. The first-order valence-corrected chi connectivity index (χ1v) is 9.68. The van der Waals surface area contributed by atoms with Crippen LogP contribution in [0.4, 0.5) is 17.1 Å². The highest BCUT2D eigenvalue weighted by Gasteiger charge is 2.35. The Hall–Kier alpha value is -3.68. The zero-order chi connectivity index (χ0) is 21.7. The Labute approximate surface area is 174 Å². The smallest absolute Gasteiger partial charge is 0.246 e. The molecular formula is C22H24N4O4. The summed E-state index contributed by atoms with van der Waals surface area (Å²) in [6.07, 6.45) is 0.111. The maximum Gasteiger partial charge on any atom is 0.246 e. The van der Waals surface area contributed by atoms with Crippen molar-refractivity contribution in [3.05, 3.63) is 54.6 Å². The zero-order valence-corrected chi connectivity index (χ0v) is 16.8. The Kier molecular flexibility index (Phi) is 6.46. The van der Waals surface area contributed by atoms with Gasteiger partial charge in [0.15, 0.2) is 0 Å². The Balaban J connectivity index is 1.53. The molecule has 1 aliphatic heterocycles. The third-order valence-electron chi connectivity index (χ3n) is 4.79. The van der Waals surface area contributed by atoms with Gasteiger partial charge >= 0.3 is 0 Å². The monoisotopic (exact) mass is 408 g/mol. The van der Waals surface area contributed by atoms with E-state index in [9.17, 15) is 19.2 Å². The van der Waals surface area contributed by atoms with Gasteiger partial charge in [-0.25, -0.2) is 0 Å². The summed E-state index contributed by atoms with van der Waals surface area (Å²) in [5, 5.41) is 8.05. The lowest BCUT2D eigenvalue weighted by Crippen LogP contribution is -2.44. The molecule has 8 heteroatoms. The standard InChI is InChI=1S/C22H24N4O4/c1-14(21(29)25-18-10-8-17(9-11-18)24-15(2)27)23-22(30)16-12-20(28)26(13-16)19-6-4-3-5-7-19/h3-11,14,16H,12-13H2,1-2H3,(H,23,30)(H,24,27)(H,25,29). The van der Waals surface area contributed by atoms with E-state index in [-0.39, 0.29) is 36.6 Å². The van der Waals surface area contributed by atoms with Gasteiger partial charge in [0.05, 0.1) is 5.92 Å². The van der Waals surface area contributed by atoms with Crippen LogP contribution in [-0.4, -0.2) is 36.2 Å². The first-order valence-electron chi connectivity index (χ1n) is 9.68. The molecule has 1 heterocycles. The fourth-order valence-corrected chi connectivity index (χ4v) is 3.23. The number of benzene rings is 2. The van der Waals surface area contributed by atoms with Crippen molar-refractivity contribution in [2.45, 2.75) is 26.3 Å². The van der Waals surface area contributed by atoms with Gasteiger partial charge in [-0.2, -0.15) is 0 Å². The minimum absolute atomic E-state index is 0.111. The summed E-state index contributed by atoms with van der Waals surface area (Å²) in [6.45, 7) is 3.29. The van der Waals surface area contributed by atoms with Crippen LogP contribution in [0.25, 0.3) is 0 Å². The maximum atomic E-state index is 12.6. The largest absolute Gasteiger partial charge is 0.344 e. The molecule has 1 aliphatic rings. The molecule has 2 unspecified atom stereocenters. The number of nitrogens with one attached hydrogen (secondary N) is 3. The quantitative estimate of drug-likeness (QED) is 0.681. The van der Waals surface area contributed by atoms with Gasteiger partial charge in [0.25, 0.3) is 0 Å². The predicted octanol–water partition coefficient (Wildman–Crippen LogP) is 2.14. The van der Waals surface area contributed by atoms with Gasteiger partial charge in [-0.05, 0) is 43.3 Å². The number of hydrogen-bond donors (Lipinski definition) is 3. The highest BCUT2D eigenvalue weighted by Crippen LogP contribution is 2.25. The van der Waals surface area contributed by atoms with Crippen molar-refractivity contribution in [3.8, 4) is 0 Å². The molecular weight excluding hydrogens is 384 g/mol. The summed E-state index contributed by atoms with van der Waals surface area (Å²) in [4.78, 5) is 49.9. The first-order chi connectivity index (χ1) is 14.3. The number of para-hydroxylation sites is 1. The molecule has 0 spiro atoms. The van der Waals surface area contributed by atoms with Crippen LogP contribution in [-0.2, 0) is 19.2 Å². The molecule has 0 aromatic heterocycles. The van der Waals surface area contributed by atoms with Crippen LogP contribution in [0.5, 0.6) is 0 Å². The van der Waals surface area contributed by atoms with Crippen LogP contribution in [0.15, 0.2) is 54.6 Å². The average molecular weight is 408 g/mol. The van der Waals surface area contributed by atoms with Crippen molar-refractivity contribution in [3.63, 3.8) is 0 Å². The number of carbonyl (C=O) groups is 4. The number of rotatable bonds is 6. The minimum atomic E-state index is -0.770. The molecule has 1 saturated heterocycles. The fraction of sp³-hybridized carbons (Fsp3) is 0.273. The molecule has 8 nitrogen and oxygen atoms in total. The molecule has 1 fully saturated rings. The van der Waals surface area contributed by atoms with Crippen LogP contribution in [0.2, 0.25) is 0 Å². The van der Waals surface area contributed by atoms with Gasteiger partial charge in [-0.1, -0.05) is 18.2 Å².